The predicted molar refractivity (Wildman–Crippen MR) is 142 cm³/mol. The fourth-order valence-corrected chi connectivity index (χ4v) is 5.40. The van der Waals surface area contributed by atoms with Crippen LogP contribution in [0, 0.1) is 0 Å². The van der Waals surface area contributed by atoms with E-state index in [1.807, 2.05) is 36.4 Å². The molecule has 7 heteroatoms. The quantitative estimate of drug-likeness (QED) is 0.532. The van der Waals surface area contributed by atoms with Crippen LogP contribution in [0.2, 0.25) is 0 Å². The number of aromatic hydroxyl groups is 2. The van der Waals surface area contributed by atoms with E-state index in [4.69, 9.17) is 14.2 Å². The molecule has 1 fully saturated rings. The van der Waals surface area contributed by atoms with Crippen molar-refractivity contribution >= 4 is 11.1 Å². The molecule has 0 spiro atoms. The fourth-order valence-electron chi connectivity index (χ4n) is 5.40. The molecule has 0 amide bonds. The van der Waals surface area contributed by atoms with Crippen molar-refractivity contribution in [3.8, 4) is 28.7 Å². The van der Waals surface area contributed by atoms with E-state index < -0.39 is 6.10 Å². The Hall–Kier alpha value is -3.68. The van der Waals surface area contributed by atoms with Crippen LogP contribution in [0.1, 0.15) is 29.2 Å². The molecule has 0 radical (unpaired) electrons. The van der Waals surface area contributed by atoms with Crippen LogP contribution in [0.5, 0.6) is 28.7 Å². The highest BCUT2D eigenvalue weighted by Crippen LogP contribution is 2.52. The highest BCUT2D eigenvalue weighted by atomic mass is 16.5. The fraction of sp³-hybridized carbons (Fsp3) is 0.333. The summed E-state index contributed by atoms with van der Waals surface area (Å²) in [6, 6.07) is 18.5. The number of hydrogen-bond donors (Lipinski definition) is 2. The first-order valence-electron chi connectivity index (χ1n) is 12.9. The molecule has 0 aromatic heterocycles. The Kier molecular flexibility index (Phi) is 6.40. The van der Waals surface area contributed by atoms with E-state index in [1.54, 1.807) is 24.3 Å². The van der Waals surface area contributed by atoms with E-state index in [0.29, 0.717) is 31.1 Å². The summed E-state index contributed by atoms with van der Waals surface area (Å²) < 4.78 is 18.8. The SMILES string of the molecule is CN1CCN(CCOc2cccc([C@@H]3Oc4cc(O)ccc4C4=C3c3ccc(O)cc3OCC4)c2)CC1. The van der Waals surface area contributed by atoms with Crippen LogP contribution in [-0.2, 0) is 0 Å². The lowest BCUT2D eigenvalue weighted by Crippen LogP contribution is -2.45. The Morgan fingerprint density at radius 2 is 1.65 bits per heavy atom. The van der Waals surface area contributed by atoms with Crippen LogP contribution in [0.4, 0.5) is 0 Å². The number of phenols is 2. The van der Waals surface area contributed by atoms with Gasteiger partial charge in [-0.25, -0.2) is 0 Å². The van der Waals surface area contributed by atoms with Gasteiger partial charge in [0.15, 0.2) is 6.10 Å². The van der Waals surface area contributed by atoms with Crippen molar-refractivity contribution in [1.29, 1.82) is 0 Å². The Bertz CT molecular complexity index is 1330. The van der Waals surface area contributed by atoms with Crippen LogP contribution in [0.3, 0.4) is 0 Å². The van der Waals surface area contributed by atoms with E-state index in [0.717, 1.165) is 66.3 Å². The summed E-state index contributed by atoms with van der Waals surface area (Å²) in [5.74, 6) is 2.41. The van der Waals surface area contributed by atoms with Gasteiger partial charge in [0, 0.05) is 73.5 Å². The number of piperazine rings is 1. The van der Waals surface area contributed by atoms with Crippen molar-refractivity contribution in [2.24, 2.45) is 0 Å². The molecule has 1 saturated heterocycles. The van der Waals surface area contributed by atoms with Crippen molar-refractivity contribution in [2.45, 2.75) is 12.5 Å². The van der Waals surface area contributed by atoms with Gasteiger partial charge in [-0.15, -0.1) is 0 Å². The monoisotopic (exact) mass is 500 g/mol. The first-order valence-corrected chi connectivity index (χ1v) is 12.9. The second-order valence-corrected chi connectivity index (χ2v) is 9.92. The summed E-state index contributed by atoms with van der Waals surface area (Å²) in [6.45, 7) is 6.31. The van der Waals surface area contributed by atoms with Gasteiger partial charge >= 0.3 is 0 Å². The highest BCUT2D eigenvalue weighted by Gasteiger charge is 2.34. The standard InChI is InChI=1S/C30H32N2O5/c1-31-10-12-32(13-11-31)14-16-35-23-4-2-3-20(17-23)30-29-25(24-7-5-22(34)19-28(24)37-30)9-15-36-27-18-21(33)6-8-26(27)29/h2-8,17-19,30,33-34H,9-16H2,1H3/t30-/m0/s1. The second-order valence-electron chi connectivity index (χ2n) is 9.92. The van der Waals surface area contributed by atoms with Gasteiger partial charge in [0.25, 0.3) is 0 Å². The van der Waals surface area contributed by atoms with Gasteiger partial charge in [-0.2, -0.15) is 0 Å². The maximum atomic E-state index is 10.2. The first-order chi connectivity index (χ1) is 18.0. The van der Waals surface area contributed by atoms with Gasteiger partial charge in [0.05, 0.1) is 6.61 Å². The number of phenolic OH excluding ortho intramolecular Hbond substituents is 2. The van der Waals surface area contributed by atoms with Gasteiger partial charge in [0.2, 0.25) is 0 Å². The van der Waals surface area contributed by atoms with E-state index in [9.17, 15) is 10.2 Å². The molecule has 6 rings (SSSR count). The summed E-state index contributed by atoms with van der Waals surface area (Å²) in [7, 11) is 2.16. The molecule has 3 aliphatic heterocycles. The Labute approximate surface area is 217 Å². The van der Waals surface area contributed by atoms with Gasteiger partial charge in [-0.1, -0.05) is 12.1 Å². The average Bonchev–Trinajstić information content (AvgIpc) is 3.09. The molecule has 3 aromatic rings. The van der Waals surface area contributed by atoms with Crippen molar-refractivity contribution in [3.63, 3.8) is 0 Å². The summed E-state index contributed by atoms with van der Waals surface area (Å²) >= 11 is 0. The molecule has 2 N–H and O–H groups in total. The predicted octanol–water partition coefficient (Wildman–Crippen LogP) is 4.55. The number of benzene rings is 3. The third kappa shape index (κ3) is 4.84. The second kappa shape index (κ2) is 10.00. The zero-order valence-corrected chi connectivity index (χ0v) is 21.0. The van der Waals surface area contributed by atoms with E-state index in [1.165, 1.54) is 0 Å². The van der Waals surface area contributed by atoms with Crippen LogP contribution >= 0.6 is 0 Å². The van der Waals surface area contributed by atoms with Gasteiger partial charge in [-0.3, -0.25) is 4.90 Å². The summed E-state index contributed by atoms with van der Waals surface area (Å²) in [4.78, 5) is 4.79. The first kappa shape index (κ1) is 23.7. The maximum Gasteiger partial charge on any atom is 0.150 e. The van der Waals surface area contributed by atoms with E-state index >= 15 is 0 Å². The van der Waals surface area contributed by atoms with Gasteiger partial charge in [-0.05, 0) is 49.0 Å². The summed E-state index contributed by atoms with van der Waals surface area (Å²) in [5.41, 5.74) is 4.94. The third-order valence-corrected chi connectivity index (χ3v) is 7.42. The minimum atomic E-state index is -0.421. The molecule has 0 aliphatic carbocycles. The minimum Gasteiger partial charge on any atom is -0.508 e. The van der Waals surface area contributed by atoms with Gasteiger partial charge in [0.1, 0.15) is 35.4 Å². The molecular weight excluding hydrogens is 468 g/mol. The van der Waals surface area contributed by atoms with Crippen molar-refractivity contribution in [3.05, 3.63) is 77.4 Å². The zero-order chi connectivity index (χ0) is 25.4. The van der Waals surface area contributed by atoms with Crippen LogP contribution < -0.4 is 14.2 Å². The van der Waals surface area contributed by atoms with Crippen molar-refractivity contribution < 1.29 is 24.4 Å². The third-order valence-electron chi connectivity index (χ3n) is 7.42. The number of rotatable bonds is 5. The van der Waals surface area contributed by atoms with Crippen LogP contribution in [0.15, 0.2) is 60.7 Å². The molecule has 3 aliphatic rings. The smallest absolute Gasteiger partial charge is 0.150 e. The Morgan fingerprint density at radius 3 is 2.46 bits per heavy atom. The van der Waals surface area contributed by atoms with Gasteiger partial charge < -0.3 is 29.3 Å². The molecule has 3 aromatic carbocycles. The normalized spacial score (nSPS) is 19.6. The lowest BCUT2D eigenvalue weighted by atomic mass is 9.84. The lowest BCUT2D eigenvalue weighted by molar-refractivity contribution is 0.133. The molecule has 37 heavy (non-hydrogen) atoms. The maximum absolute atomic E-state index is 10.2. The summed E-state index contributed by atoms with van der Waals surface area (Å²) in [5, 5.41) is 20.3. The van der Waals surface area contributed by atoms with Crippen LogP contribution in [-0.4, -0.2) is 73.0 Å². The van der Waals surface area contributed by atoms with Crippen molar-refractivity contribution in [2.75, 3.05) is 53.0 Å². The number of nitrogens with zero attached hydrogens (tertiary/aromatic N) is 2. The molecule has 0 saturated carbocycles. The lowest BCUT2D eigenvalue weighted by Gasteiger charge is -2.32. The van der Waals surface area contributed by atoms with E-state index in [2.05, 4.69) is 16.8 Å². The molecule has 0 bridgehead atoms. The highest BCUT2D eigenvalue weighted by molar-refractivity contribution is 5.98. The molecule has 1 atom stereocenters. The molecule has 3 heterocycles. The molecule has 192 valence electrons. The van der Waals surface area contributed by atoms with Crippen molar-refractivity contribution in [1.82, 2.24) is 9.80 Å². The van der Waals surface area contributed by atoms with E-state index in [-0.39, 0.29) is 11.5 Å². The number of likely N-dealkylation sites (N-methyl/N-ethyl adjacent to an activating group) is 1. The Morgan fingerprint density at radius 1 is 0.892 bits per heavy atom. The zero-order valence-electron chi connectivity index (χ0n) is 21.0. The molecule has 7 nitrogen and oxygen atoms in total. The topological polar surface area (TPSA) is 74.6 Å². The number of fused-ring (bicyclic) bond motifs is 4. The number of ether oxygens (including phenoxy) is 3. The minimum absolute atomic E-state index is 0.164. The molecule has 0 unspecified atom stereocenters. The summed E-state index contributed by atoms with van der Waals surface area (Å²) in [6.07, 6.45) is 0.263. The van der Waals surface area contributed by atoms with Crippen LogP contribution in [0.25, 0.3) is 11.1 Å². The average molecular weight is 501 g/mol. The Balaban J connectivity index is 1.32. The molecular formula is C30H32N2O5. The largest absolute Gasteiger partial charge is 0.508 e. The number of hydrogen-bond acceptors (Lipinski definition) is 7.